The van der Waals surface area contributed by atoms with Crippen LogP contribution in [0.4, 0.5) is 0 Å². The molecule has 6 heteroatoms. The van der Waals surface area contributed by atoms with Crippen molar-refractivity contribution in [2.45, 2.75) is 6.04 Å². The van der Waals surface area contributed by atoms with E-state index in [4.69, 9.17) is 4.74 Å². The monoisotopic (exact) mass is 441 g/mol. The molecule has 1 aromatic heterocycles. The summed E-state index contributed by atoms with van der Waals surface area (Å²) in [6.45, 7) is 0.484. The topological polar surface area (TPSA) is 67.1 Å². The molecule has 168 valence electrons. The highest BCUT2D eigenvalue weighted by Crippen LogP contribution is 2.26. The minimum Gasteiger partial charge on any atom is -0.497 e. The fraction of sp³-hybridized carbons (Fsp3) is 0.185. The average Bonchev–Trinajstić information content (AvgIpc) is 2.84. The molecule has 4 aromatic rings. The summed E-state index contributed by atoms with van der Waals surface area (Å²) in [5.41, 5.74) is 1.96. The van der Waals surface area contributed by atoms with Gasteiger partial charge in [0.1, 0.15) is 5.75 Å². The van der Waals surface area contributed by atoms with Crippen LogP contribution in [-0.2, 0) is 0 Å². The molecule has 4 rings (SSSR count). The van der Waals surface area contributed by atoms with Crippen LogP contribution in [0.2, 0.25) is 0 Å². The molecule has 0 saturated heterocycles. The molecule has 0 fully saturated rings. The summed E-state index contributed by atoms with van der Waals surface area (Å²) in [5.74, 6) is 0.679. The van der Waals surface area contributed by atoms with Gasteiger partial charge in [-0.05, 0) is 50.0 Å². The quantitative estimate of drug-likeness (QED) is 0.431. The number of aromatic nitrogens is 1. The Bertz CT molecular complexity index is 1330. The van der Waals surface area contributed by atoms with Crippen LogP contribution in [0.1, 0.15) is 17.2 Å². The van der Waals surface area contributed by atoms with Gasteiger partial charge in [0.05, 0.1) is 30.9 Å². The number of nitrogens with zero attached hydrogens (tertiary/aromatic N) is 3. The lowest BCUT2D eigenvalue weighted by atomic mass is 10.1. The van der Waals surface area contributed by atoms with Crippen LogP contribution < -0.4 is 10.3 Å². The highest BCUT2D eigenvalue weighted by molar-refractivity contribution is 6.01. The number of fused-ring (bicyclic) bond motifs is 1. The van der Waals surface area contributed by atoms with E-state index in [2.05, 4.69) is 9.89 Å². The predicted molar refractivity (Wildman–Crippen MR) is 133 cm³/mol. The average molecular weight is 442 g/mol. The van der Waals surface area contributed by atoms with E-state index < -0.39 is 0 Å². The number of ether oxygens (including phenoxy) is 1. The van der Waals surface area contributed by atoms with Gasteiger partial charge in [0.25, 0.3) is 5.56 Å². The van der Waals surface area contributed by atoms with Gasteiger partial charge in [0.2, 0.25) is 5.88 Å². The van der Waals surface area contributed by atoms with Crippen molar-refractivity contribution in [3.63, 3.8) is 0 Å². The molecule has 0 aliphatic carbocycles. The Hall–Kier alpha value is -3.90. The zero-order chi connectivity index (χ0) is 23.4. The molecular weight excluding hydrogens is 414 g/mol. The lowest BCUT2D eigenvalue weighted by molar-refractivity contribution is 0.306. The van der Waals surface area contributed by atoms with Crippen molar-refractivity contribution in [1.82, 2.24) is 9.47 Å². The lowest BCUT2D eigenvalue weighted by Crippen LogP contribution is -2.23. The van der Waals surface area contributed by atoms with Crippen LogP contribution in [0.25, 0.3) is 16.5 Å². The fourth-order valence-electron chi connectivity index (χ4n) is 3.94. The maximum absolute atomic E-state index is 13.2. The molecule has 0 radical (unpaired) electrons. The zero-order valence-electron chi connectivity index (χ0n) is 19.0. The van der Waals surface area contributed by atoms with Crippen LogP contribution in [-0.4, -0.2) is 48.5 Å². The molecule has 0 bridgehead atoms. The van der Waals surface area contributed by atoms with Gasteiger partial charge in [-0.2, -0.15) is 0 Å². The molecule has 0 aliphatic heterocycles. The summed E-state index contributed by atoms with van der Waals surface area (Å²) in [6.07, 6.45) is 1.66. The molecule has 0 aliphatic rings. The number of aromatic hydroxyl groups is 1. The lowest BCUT2D eigenvalue weighted by Gasteiger charge is -2.23. The van der Waals surface area contributed by atoms with Gasteiger partial charge in [-0.25, -0.2) is 4.57 Å². The number of para-hydroxylation sites is 1. The smallest absolute Gasteiger partial charge is 0.265 e. The Kier molecular flexibility index (Phi) is 6.56. The molecule has 1 atom stereocenters. The van der Waals surface area contributed by atoms with Crippen molar-refractivity contribution in [3.05, 3.63) is 100 Å². The maximum atomic E-state index is 13.2. The van der Waals surface area contributed by atoms with Crippen LogP contribution in [0.3, 0.4) is 0 Å². The van der Waals surface area contributed by atoms with Gasteiger partial charge >= 0.3 is 0 Å². The third-order valence-electron chi connectivity index (χ3n) is 5.74. The number of rotatable bonds is 7. The van der Waals surface area contributed by atoms with E-state index in [9.17, 15) is 9.90 Å². The molecule has 1 N–H and O–H groups in total. The van der Waals surface area contributed by atoms with Gasteiger partial charge in [0.15, 0.2) is 0 Å². The number of pyridine rings is 1. The second-order valence-corrected chi connectivity index (χ2v) is 8.01. The van der Waals surface area contributed by atoms with Gasteiger partial charge in [-0.15, -0.1) is 0 Å². The Morgan fingerprint density at radius 1 is 0.970 bits per heavy atom. The molecule has 6 nitrogen and oxygen atoms in total. The maximum Gasteiger partial charge on any atom is 0.265 e. The van der Waals surface area contributed by atoms with E-state index in [1.807, 2.05) is 74.8 Å². The normalized spacial score (nSPS) is 12.5. The number of hydrogen-bond donors (Lipinski definition) is 1. The SMILES string of the molecule is COc1ccc(C(CN=Cc2c(O)n(-c3ccccc3)c(=O)c3ccccc23)N(C)C)cc1. The summed E-state index contributed by atoms with van der Waals surface area (Å²) < 4.78 is 6.59. The molecule has 0 saturated carbocycles. The number of hydrogen-bond acceptors (Lipinski definition) is 5. The fourth-order valence-corrected chi connectivity index (χ4v) is 3.94. The van der Waals surface area contributed by atoms with E-state index in [-0.39, 0.29) is 17.5 Å². The van der Waals surface area contributed by atoms with Crippen molar-refractivity contribution >= 4 is 17.0 Å². The summed E-state index contributed by atoms with van der Waals surface area (Å²) in [7, 11) is 5.66. The Morgan fingerprint density at radius 3 is 2.24 bits per heavy atom. The minimum absolute atomic E-state index is 0.0422. The van der Waals surface area contributed by atoms with Gasteiger partial charge in [-0.3, -0.25) is 9.79 Å². The standard InChI is InChI=1S/C27H27N3O3/c1-29(2)25(19-13-15-21(33-3)16-14-19)18-28-17-24-22-11-7-8-12-23(22)26(31)30(27(24)32)20-9-5-4-6-10-20/h4-17,25,32H,18H2,1-3H3. The Morgan fingerprint density at radius 2 is 1.61 bits per heavy atom. The van der Waals surface area contributed by atoms with Gasteiger partial charge in [0, 0.05) is 17.0 Å². The molecule has 0 spiro atoms. The predicted octanol–water partition coefficient (Wildman–Crippen LogP) is 4.43. The highest BCUT2D eigenvalue weighted by atomic mass is 16.5. The van der Waals surface area contributed by atoms with E-state index in [1.165, 1.54) is 4.57 Å². The van der Waals surface area contributed by atoms with E-state index in [1.54, 1.807) is 31.5 Å². The second kappa shape index (κ2) is 9.71. The molecule has 1 heterocycles. The summed E-state index contributed by atoms with van der Waals surface area (Å²) >= 11 is 0. The molecule has 1 unspecified atom stereocenters. The van der Waals surface area contributed by atoms with Gasteiger partial charge < -0.3 is 14.7 Å². The first-order valence-corrected chi connectivity index (χ1v) is 10.7. The third-order valence-corrected chi connectivity index (χ3v) is 5.74. The highest BCUT2D eigenvalue weighted by Gasteiger charge is 2.17. The van der Waals surface area contributed by atoms with Crippen LogP contribution in [0.5, 0.6) is 11.6 Å². The van der Waals surface area contributed by atoms with E-state index in [0.29, 0.717) is 28.6 Å². The third kappa shape index (κ3) is 4.52. The van der Waals surface area contributed by atoms with Crippen LogP contribution >= 0.6 is 0 Å². The van der Waals surface area contributed by atoms with Crippen molar-refractivity contribution in [3.8, 4) is 17.3 Å². The van der Waals surface area contributed by atoms with Crippen LogP contribution in [0, 0.1) is 0 Å². The van der Waals surface area contributed by atoms with Crippen molar-refractivity contribution in [1.29, 1.82) is 0 Å². The molecule has 33 heavy (non-hydrogen) atoms. The number of benzene rings is 3. The zero-order valence-corrected chi connectivity index (χ0v) is 19.0. The second-order valence-electron chi connectivity index (χ2n) is 8.01. The molecule has 3 aromatic carbocycles. The van der Waals surface area contributed by atoms with Crippen molar-refractivity contribution < 1.29 is 9.84 Å². The largest absolute Gasteiger partial charge is 0.497 e. The summed E-state index contributed by atoms with van der Waals surface area (Å²) in [6, 6.07) is 24.4. The molecular formula is C27H27N3O3. The van der Waals surface area contributed by atoms with E-state index in [0.717, 1.165) is 11.3 Å². The van der Waals surface area contributed by atoms with Gasteiger partial charge in [-0.1, -0.05) is 48.5 Å². The summed E-state index contributed by atoms with van der Waals surface area (Å²) in [4.78, 5) is 19.9. The first-order valence-electron chi connectivity index (χ1n) is 10.7. The van der Waals surface area contributed by atoms with Crippen LogP contribution in [0.15, 0.2) is 88.6 Å². The summed E-state index contributed by atoms with van der Waals surface area (Å²) in [5, 5.41) is 12.3. The van der Waals surface area contributed by atoms with E-state index >= 15 is 0 Å². The molecule has 0 amide bonds. The van der Waals surface area contributed by atoms with Crippen molar-refractivity contribution in [2.24, 2.45) is 4.99 Å². The first-order chi connectivity index (χ1) is 16.0. The minimum atomic E-state index is -0.268. The van der Waals surface area contributed by atoms with Crippen molar-refractivity contribution in [2.75, 3.05) is 27.7 Å². The number of methoxy groups -OCH3 is 1. The number of aliphatic imine (C=N–C) groups is 1. The first kappa shape index (κ1) is 22.3. The number of likely N-dealkylation sites (N-methyl/N-ethyl adjacent to an activating group) is 1. The Balaban J connectivity index is 1.75. The Labute approximate surface area is 193 Å².